The Morgan fingerprint density at radius 3 is 2.55 bits per heavy atom. The summed E-state index contributed by atoms with van der Waals surface area (Å²) in [7, 11) is 0. The highest BCUT2D eigenvalue weighted by molar-refractivity contribution is 5.67. The number of carbonyl (C=O) groups excluding carboxylic acids is 1. The van der Waals surface area contributed by atoms with Gasteiger partial charge in [0.25, 0.3) is 0 Å². The normalized spacial score (nSPS) is 14.7. The number of carbonyl (C=O) groups is 1. The summed E-state index contributed by atoms with van der Waals surface area (Å²) in [4.78, 5) is 11.8. The third kappa shape index (κ3) is 7.45. The quantitative estimate of drug-likeness (QED) is 0.723. The predicted octanol–water partition coefficient (Wildman–Crippen LogP) is 3.00. The number of nitrogens with one attached hydrogen (secondary N) is 3. The number of aromatic amines is 1. The molecule has 6 nitrogen and oxygen atoms in total. The Labute approximate surface area is 133 Å². The molecule has 0 aliphatic carbocycles. The molecule has 2 atom stereocenters. The first kappa shape index (κ1) is 18.5. The van der Waals surface area contributed by atoms with Crippen molar-refractivity contribution < 1.29 is 9.53 Å². The Bertz CT molecular complexity index is 437. The number of ether oxygens (including phenoxy) is 1. The topological polar surface area (TPSA) is 79.0 Å². The molecular weight excluding hydrogens is 280 g/mol. The Morgan fingerprint density at radius 2 is 2.05 bits per heavy atom. The molecule has 1 rings (SSSR count). The molecule has 6 heteroatoms. The lowest BCUT2D eigenvalue weighted by molar-refractivity contribution is 0.0520. The van der Waals surface area contributed by atoms with Crippen LogP contribution in [0.4, 0.5) is 4.79 Å². The number of H-pyrrole nitrogens is 1. The molecule has 0 fully saturated rings. The Morgan fingerprint density at radius 1 is 1.36 bits per heavy atom. The third-order valence-corrected chi connectivity index (χ3v) is 3.12. The van der Waals surface area contributed by atoms with Crippen molar-refractivity contribution in [2.24, 2.45) is 5.92 Å². The number of aromatic nitrogens is 2. The molecular formula is C16H30N4O2. The molecule has 0 saturated carbocycles. The van der Waals surface area contributed by atoms with Crippen LogP contribution in [0.15, 0.2) is 12.3 Å². The van der Waals surface area contributed by atoms with Gasteiger partial charge in [-0.1, -0.05) is 13.8 Å². The van der Waals surface area contributed by atoms with E-state index in [-0.39, 0.29) is 18.2 Å². The van der Waals surface area contributed by atoms with Crippen LogP contribution in [0.1, 0.15) is 59.7 Å². The van der Waals surface area contributed by atoms with Gasteiger partial charge in [0.1, 0.15) is 5.60 Å². The van der Waals surface area contributed by atoms with Crippen LogP contribution in [0.25, 0.3) is 0 Å². The van der Waals surface area contributed by atoms with E-state index in [2.05, 4.69) is 41.6 Å². The molecule has 3 N–H and O–H groups in total. The summed E-state index contributed by atoms with van der Waals surface area (Å²) in [6.45, 7) is 12.5. The lowest BCUT2D eigenvalue weighted by atomic mass is 10.0. The van der Waals surface area contributed by atoms with Crippen molar-refractivity contribution in [2.45, 2.75) is 65.6 Å². The van der Waals surface area contributed by atoms with Crippen LogP contribution in [-0.4, -0.2) is 34.5 Å². The smallest absolute Gasteiger partial charge is 0.407 e. The van der Waals surface area contributed by atoms with Crippen LogP contribution >= 0.6 is 0 Å². The van der Waals surface area contributed by atoms with E-state index >= 15 is 0 Å². The zero-order chi connectivity index (χ0) is 16.8. The molecule has 1 amide bonds. The summed E-state index contributed by atoms with van der Waals surface area (Å²) < 4.78 is 5.28. The van der Waals surface area contributed by atoms with Crippen LogP contribution in [0.2, 0.25) is 0 Å². The summed E-state index contributed by atoms with van der Waals surface area (Å²) in [5.74, 6) is 0.534. The van der Waals surface area contributed by atoms with Gasteiger partial charge < -0.3 is 15.4 Å². The Hall–Kier alpha value is -1.56. The maximum atomic E-state index is 11.8. The largest absolute Gasteiger partial charge is 0.444 e. The molecule has 0 spiro atoms. The average molecular weight is 310 g/mol. The van der Waals surface area contributed by atoms with E-state index in [4.69, 9.17) is 4.74 Å². The molecule has 0 aromatic carbocycles. The van der Waals surface area contributed by atoms with Crippen LogP contribution in [0.3, 0.4) is 0 Å². The van der Waals surface area contributed by atoms with Crippen molar-refractivity contribution in [2.75, 3.05) is 6.54 Å². The van der Waals surface area contributed by atoms with Gasteiger partial charge >= 0.3 is 6.09 Å². The van der Waals surface area contributed by atoms with E-state index in [0.29, 0.717) is 12.5 Å². The van der Waals surface area contributed by atoms with Crippen molar-refractivity contribution in [3.63, 3.8) is 0 Å². The van der Waals surface area contributed by atoms with Gasteiger partial charge in [-0.3, -0.25) is 5.10 Å². The lowest BCUT2D eigenvalue weighted by Gasteiger charge is -2.26. The number of rotatable bonds is 7. The van der Waals surface area contributed by atoms with Gasteiger partial charge in [0.15, 0.2) is 0 Å². The zero-order valence-corrected chi connectivity index (χ0v) is 14.6. The summed E-state index contributed by atoms with van der Waals surface area (Å²) in [6.07, 6.45) is 2.33. The first-order valence-corrected chi connectivity index (χ1v) is 7.89. The monoisotopic (exact) mass is 310 g/mol. The minimum absolute atomic E-state index is 0.145. The Balaban J connectivity index is 2.52. The molecule has 0 saturated heterocycles. The van der Waals surface area contributed by atoms with Gasteiger partial charge in [0, 0.05) is 24.8 Å². The predicted molar refractivity (Wildman–Crippen MR) is 87.6 cm³/mol. The molecule has 0 aliphatic heterocycles. The highest BCUT2D eigenvalue weighted by Gasteiger charge is 2.19. The standard InChI is InChI=1S/C16H30N4O2/c1-11(2)9-13(10-17-15(21)22-16(4,5)6)19-12(3)14-7-8-18-20-14/h7-8,11-13,19H,9-10H2,1-6H3,(H,17,21)(H,18,20). The fourth-order valence-corrected chi connectivity index (χ4v) is 2.25. The van der Waals surface area contributed by atoms with Crippen LogP contribution in [-0.2, 0) is 4.74 Å². The van der Waals surface area contributed by atoms with Crippen molar-refractivity contribution in [1.29, 1.82) is 0 Å². The number of amides is 1. The average Bonchev–Trinajstić information content (AvgIpc) is 2.86. The summed E-state index contributed by atoms with van der Waals surface area (Å²) in [5, 5.41) is 13.3. The van der Waals surface area contributed by atoms with Gasteiger partial charge in [-0.2, -0.15) is 5.10 Å². The second kappa shape index (κ2) is 8.17. The van der Waals surface area contributed by atoms with Gasteiger partial charge in [-0.25, -0.2) is 4.79 Å². The number of hydrogen-bond donors (Lipinski definition) is 3. The highest BCUT2D eigenvalue weighted by atomic mass is 16.6. The zero-order valence-electron chi connectivity index (χ0n) is 14.6. The van der Waals surface area contributed by atoms with Crippen molar-refractivity contribution >= 4 is 6.09 Å². The molecule has 126 valence electrons. The van der Waals surface area contributed by atoms with E-state index in [1.807, 2.05) is 26.8 Å². The van der Waals surface area contributed by atoms with Crippen LogP contribution < -0.4 is 10.6 Å². The SMILES string of the molecule is CC(C)CC(CNC(=O)OC(C)(C)C)NC(C)c1ccn[nH]1. The van der Waals surface area contributed by atoms with Gasteiger partial charge in [0.05, 0.1) is 5.69 Å². The summed E-state index contributed by atoms with van der Waals surface area (Å²) >= 11 is 0. The fourth-order valence-electron chi connectivity index (χ4n) is 2.25. The van der Waals surface area contributed by atoms with Gasteiger partial charge in [0.2, 0.25) is 0 Å². The minimum atomic E-state index is -0.478. The lowest BCUT2D eigenvalue weighted by Crippen LogP contribution is -2.44. The molecule has 0 radical (unpaired) electrons. The van der Waals surface area contributed by atoms with E-state index in [0.717, 1.165) is 12.1 Å². The molecule has 1 aromatic heterocycles. The van der Waals surface area contributed by atoms with Crippen LogP contribution in [0, 0.1) is 5.92 Å². The van der Waals surface area contributed by atoms with Crippen LogP contribution in [0.5, 0.6) is 0 Å². The van der Waals surface area contributed by atoms with E-state index in [1.165, 1.54) is 0 Å². The first-order valence-electron chi connectivity index (χ1n) is 7.89. The van der Waals surface area contributed by atoms with E-state index < -0.39 is 5.60 Å². The second-order valence-corrected chi connectivity index (χ2v) is 7.11. The molecule has 2 unspecified atom stereocenters. The molecule has 22 heavy (non-hydrogen) atoms. The summed E-state index contributed by atoms with van der Waals surface area (Å²) in [6, 6.07) is 2.27. The maximum Gasteiger partial charge on any atom is 0.407 e. The number of nitrogens with zero attached hydrogens (tertiary/aromatic N) is 1. The van der Waals surface area contributed by atoms with Crippen molar-refractivity contribution in [3.05, 3.63) is 18.0 Å². The number of alkyl carbamates (subject to hydrolysis) is 1. The second-order valence-electron chi connectivity index (χ2n) is 7.11. The van der Waals surface area contributed by atoms with Gasteiger partial charge in [-0.15, -0.1) is 0 Å². The van der Waals surface area contributed by atoms with Crippen molar-refractivity contribution in [3.8, 4) is 0 Å². The highest BCUT2D eigenvalue weighted by Crippen LogP contribution is 2.13. The van der Waals surface area contributed by atoms with Gasteiger partial charge in [-0.05, 0) is 46.1 Å². The summed E-state index contributed by atoms with van der Waals surface area (Å²) in [5.41, 5.74) is 0.555. The van der Waals surface area contributed by atoms with Crippen molar-refractivity contribution in [1.82, 2.24) is 20.8 Å². The number of hydrogen-bond acceptors (Lipinski definition) is 4. The molecule has 1 heterocycles. The molecule has 0 bridgehead atoms. The molecule has 0 aliphatic rings. The third-order valence-electron chi connectivity index (χ3n) is 3.12. The fraction of sp³-hybridized carbons (Fsp3) is 0.750. The maximum absolute atomic E-state index is 11.8. The van der Waals surface area contributed by atoms with E-state index in [9.17, 15) is 4.79 Å². The Kier molecular flexibility index (Phi) is 6.87. The molecule has 1 aromatic rings. The van der Waals surface area contributed by atoms with E-state index in [1.54, 1.807) is 6.20 Å². The first-order chi connectivity index (χ1) is 10.2. The minimum Gasteiger partial charge on any atom is -0.444 e.